The highest BCUT2D eigenvalue weighted by Crippen LogP contribution is 2.31. The Morgan fingerprint density at radius 3 is 2.80 bits per heavy atom. The number of ether oxygens (including phenoxy) is 1. The van der Waals surface area contributed by atoms with Crippen LogP contribution in [0.2, 0.25) is 0 Å². The van der Waals surface area contributed by atoms with Crippen LogP contribution in [0, 0.1) is 0 Å². The van der Waals surface area contributed by atoms with Gasteiger partial charge < -0.3 is 9.22 Å². The largest absolute Gasteiger partial charge is 0.465 e. The molecule has 0 radical (unpaired) electrons. The van der Waals surface area contributed by atoms with Crippen LogP contribution in [0.25, 0.3) is 0 Å². The number of ketones is 1. The first-order valence-corrected chi connectivity index (χ1v) is 5.63. The van der Waals surface area contributed by atoms with Crippen molar-refractivity contribution in [2.45, 2.75) is 31.7 Å². The lowest BCUT2D eigenvalue weighted by Gasteiger charge is -2.40. The number of carbonyl (C=O) groups is 2. The molecule has 2 atom stereocenters. The Balaban J connectivity index is 2.17. The van der Waals surface area contributed by atoms with Gasteiger partial charge in [0.05, 0.1) is 20.2 Å². The van der Waals surface area contributed by atoms with E-state index in [-0.39, 0.29) is 12.0 Å². The first kappa shape index (κ1) is 10.6. The summed E-state index contributed by atoms with van der Waals surface area (Å²) in [6, 6.07) is -0.0840. The van der Waals surface area contributed by atoms with Gasteiger partial charge in [0, 0.05) is 25.7 Å². The third-order valence-corrected chi connectivity index (χ3v) is 3.77. The molecule has 2 saturated heterocycles. The highest BCUT2D eigenvalue weighted by Gasteiger charge is 2.49. The van der Waals surface area contributed by atoms with Crippen molar-refractivity contribution in [2.24, 2.45) is 0 Å². The van der Waals surface area contributed by atoms with E-state index in [9.17, 15) is 9.59 Å². The number of hydrogen-bond acceptors (Lipinski definition) is 3. The molecule has 1 unspecified atom stereocenters. The van der Waals surface area contributed by atoms with Crippen molar-refractivity contribution in [3.05, 3.63) is 0 Å². The van der Waals surface area contributed by atoms with Crippen LogP contribution in [0.15, 0.2) is 0 Å². The van der Waals surface area contributed by atoms with E-state index in [1.54, 1.807) is 0 Å². The minimum atomic E-state index is -0.137. The Morgan fingerprint density at radius 1 is 1.40 bits per heavy atom. The predicted molar refractivity (Wildman–Crippen MR) is 54.1 cm³/mol. The van der Waals surface area contributed by atoms with Gasteiger partial charge in [0.1, 0.15) is 6.54 Å². The van der Waals surface area contributed by atoms with Gasteiger partial charge in [-0.1, -0.05) is 0 Å². The molecule has 2 aliphatic rings. The van der Waals surface area contributed by atoms with Crippen LogP contribution in [0.3, 0.4) is 0 Å². The Kier molecular flexibility index (Phi) is 2.78. The molecule has 4 heteroatoms. The van der Waals surface area contributed by atoms with Crippen molar-refractivity contribution in [3.63, 3.8) is 0 Å². The van der Waals surface area contributed by atoms with Crippen LogP contribution >= 0.6 is 0 Å². The van der Waals surface area contributed by atoms with Crippen molar-refractivity contribution in [2.75, 3.05) is 26.7 Å². The summed E-state index contributed by atoms with van der Waals surface area (Å²) in [4.78, 5) is 23.2. The highest BCUT2D eigenvalue weighted by atomic mass is 16.5. The van der Waals surface area contributed by atoms with E-state index in [4.69, 9.17) is 4.74 Å². The molecule has 2 heterocycles. The maximum Gasteiger partial charge on any atom is 0.364 e. The number of esters is 1. The molecule has 1 spiro atoms. The number of carbonyl (C=O) groups excluding carboxylic acids is 2. The molecular weight excluding hydrogens is 194 g/mol. The minimum Gasteiger partial charge on any atom is -0.465 e. The van der Waals surface area contributed by atoms with Gasteiger partial charge in [-0.3, -0.25) is 4.79 Å². The van der Waals surface area contributed by atoms with Crippen LogP contribution in [0.5, 0.6) is 0 Å². The zero-order valence-corrected chi connectivity index (χ0v) is 9.20. The lowest BCUT2D eigenvalue weighted by atomic mass is 10.0. The number of rotatable bonds is 1. The molecule has 15 heavy (non-hydrogen) atoms. The third kappa shape index (κ3) is 1.78. The van der Waals surface area contributed by atoms with Gasteiger partial charge in [0.25, 0.3) is 0 Å². The summed E-state index contributed by atoms with van der Waals surface area (Å²) in [5, 5.41) is 0. The molecule has 2 aliphatic heterocycles. The van der Waals surface area contributed by atoms with Gasteiger partial charge in [-0.2, -0.15) is 0 Å². The summed E-state index contributed by atoms with van der Waals surface area (Å²) >= 11 is 0. The molecular formula is C11H18NO3+. The van der Waals surface area contributed by atoms with Gasteiger partial charge in [0.15, 0.2) is 11.8 Å². The summed E-state index contributed by atoms with van der Waals surface area (Å²) < 4.78 is 5.50. The first-order valence-electron chi connectivity index (χ1n) is 5.63. The molecule has 0 aromatic heterocycles. The number of piperidine rings is 1. The first-order chi connectivity index (χ1) is 7.18. The molecule has 0 bridgehead atoms. The predicted octanol–water partition coefficient (Wildman–Crippen LogP) is 0.501. The molecule has 0 N–H and O–H groups in total. The van der Waals surface area contributed by atoms with Crippen molar-refractivity contribution in [3.8, 4) is 0 Å². The fraction of sp³-hybridized carbons (Fsp3) is 0.818. The number of quaternary nitrogens is 1. The molecule has 0 amide bonds. The van der Waals surface area contributed by atoms with Crippen molar-refractivity contribution < 1.29 is 18.8 Å². The van der Waals surface area contributed by atoms with Crippen LogP contribution in [-0.4, -0.2) is 49.0 Å². The van der Waals surface area contributed by atoms with Crippen molar-refractivity contribution >= 4 is 11.8 Å². The summed E-state index contributed by atoms with van der Waals surface area (Å²) in [7, 11) is 1.43. The molecule has 2 rings (SSSR count). The van der Waals surface area contributed by atoms with E-state index in [0.717, 1.165) is 32.4 Å². The van der Waals surface area contributed by atoms with E-state index in [2.05, 4.69) is 0 Å². The summed E-state index contributed by atoms with van der Waals surface area (Å²) in [5.41, 5.74) is 0. The number of nitrogens with zero attached hydrogens (tertiary/aromatic N) is 1. The normalized spacial score (nSPS) is 35.8. The zero-order valence-electron chi connectivity index (χ0n) is 9.20. The second-order valence-electron chi connectivity index (χ2n) is 4.65. The quantitative estimate of drug-likeness (QED) is 0.469. The topological polar surface area (TPSA) is 43.4 Å². The van der Waals surface area contributed by atoms with Gasteiger partial charge in [-0.25, -0.2) is 4.79 Å². The molecule has 0 aliphatic carbocycles. The molecule has 0 saturated carbocycles. The highest BCUT2D eigenvalue weighted by molar-refractivity contribution is 5.81. The molecule has 84 valence electrons. The van der Waals surface area contributed by atoms with Gasteiger partial charge in [-0.05, 0) is 0 Å². The second kappa shape index (κ2) is 3.93. The summed E-state index contributed by atoms with van der Waals surface area (Å²) in [6.45, 7) is 2.47. The van der Waals surface area contributed by atoms with Gasteiger partial charge in [0.2, 0.25) is 0 Å². The van der Waals surface area contributed by atoms with Crippen LogP contribution in [0.1, 0.15) is 25.7 Å². The average Bonchev–Trinajstić information content (AvgIpc) is 2.60. The van der Waals surface area contributed by atoms with Crippen LogP contribution in [0.4, 0.5) is 0 Å². The molecule has 0 aromatic rings. The molecule has 4 nitrogen and oxygen atoms in total. The van der Waals surface area contributed by atoms with E-state index >= 15 is 0 Å². The average molecular weight is 212 g/mol. The Bertz CT molecular complexity index is 290. The lowest BCUT2D eigenvalue weighted by Crippen LogP contribution is -2.60. The molecule has 2 fully saturated rings. The smallest absolute Gasteiger partial charge is 0.364 e. The monoisotopic (exact) mass is 212 g/mol. The molecule has 0 aromatic carbocycles. The minimum absolute atomic E-state index is 0.0840. The maximum atomic E-state index is 11.6. The third-order valence-electron chi connectivity index (χ3n) is 3.77. The van der Waals surface area contributed by atoms with Gasteiger partial charge in [-0.15, -0.1) is 0 Å². The van der Waals surface area contributed by atoms with Gasteiger partial charge >= 0.3 is 5.97 Å². The standard InChI is InChI=1S/C11H18NO3/c1-15-11(14)10-5-3-7-12(10)6-2-4-9(13)8-12/h10H,2-8H2,1H3/q+1/t10-,12?/m0/s1. The number of Topliss-reactive ketones (excluding diaryl/α,β-unsaturated/α-hetero) is 1. The van der Waals surface area contributed by atoms with Crippen molar-refractivity contribution in [1.82, 2.24) is 0 Å². The van der Waals surface area contributed by atoms with E-state index < -0.39 is 0 Å². The fourth-order valence-corrected chi connectivity index (χ4v) is 3.06. The SMILES string of the molecule is COC(=O)[C@@H]1CCC[N+]12CCCC(=O)C2. The van der Waals surface area contributed by atoms with Crippen LogP contribution in [-0.2, 0) is 14.3 Å². The zero-order chi connectivity index (χ0) is 10.9. The summed E-state index contributed by atoms with van der Waals surface area (Å²) in [5.74, 6) is 0.166. The van der Waals surface area contributed by atoms with E-state index in [0.29, 0.717) is 23.2 Å². The lowest BCUT2D eigenvalue weighted by molar-refractivity contribution is -0.926. The van der Waals surface area contributed by atoms with Crippen molar-refractivity contribution in [1.29, 1.82) is 0 Å². The Labute approximate surface area is 89.8 Å². The number of methoxy groups -OCH3 is 1. The summed E-state index contributed by atoms with van der Waals surface area (Å²) in [6.07, 6.45) is 3.52. The van der Waals surface area contributed by atoms with Crippen LogP contribution < -0.4 is 0 Å². The fourth-order valence-electron chi connectivity index (χ4n) is 3.06. The Morgan fingerprint density at radius 2 is 2.13 bits per heavy atom. The number of hydrogen-bond donors (Lipinski definition) is 0. The maximum absolute atomic E-state index is 11.6. The van der Waals surface area contributed by atoms with E-state index in [1.165, 1.54) is 7.11 Å². The second-order valence-corrected chi connectivity index (χ2v) is 4.65. The van der Waals surface area contributed by atoms with E-state index in [1.807, 2.05) is 0 Å². The Hall–Kier alpha value is -0.900.